The first-order valence-corrected chi connectivity index (χ1v) is 10.8. The molecule has 1 aromatic carbocycles. The quantitative estimate of drug-likeness (QED) is 0.627. The second-order valence-corrected chi connectivity index (χ2v) is 10.2. The van der Waals surface area contributed by atoms with Crippen LogP contribution in [0.1, 0.15) is 66.6 Å². The Morgan fingerprint density at radius 1 is 0.955 bits per heavy atom. The molecule has 1 heterocycles. The van der Waals surface area contributed by atoms with Gasteiger partial charge < -0.3 is 0 Å². The molecule has 0 aromatic heterocycles. The first kappa shape index (κ1) is 16.5. The highest BCUT2D eigenvalue weighted by Gasteiger charge is 2.36. The number of hydrogen-bond acceptors (Lipinski definition) is 1. The maximum Gasteiger partial charge on any atom is 0.0552 e. The van der Waals surface area contributed by atoms with Crippen molar-refractivity contribution in [1.29, 1.82) is 0 Å². The highest BCUT2D eigenvalue weighted by Crippen LogP contribution is 2.62. The molecule has 22 heavy (non-hydrogen) atoms. The van der Waals surface area contributed by atoms with Gasteiger partial charge in [0.25, 0.3) is 0 Å². The highest BCUT2D eigenvalue weighted by atomic mass is 31.1. The Morgan fingerprint density at radius 3 is 2.23 bits per heavy atom. The van der Waals surface area contributed by atoms with Gasteiger partial charge in [-0.15, -0.1) is 0 Å². The predicted octanol–water partition coefficient (Wildman–Crippen LogP) is 5.76. The van der Waals surface area contributed by atoms with Crippen LogP contribution in [0.25, 0.3) is 0 Å². The number of benzene rings is 1. The lowest BCUT2D eigenvalue weighted by Crippen LogP contribution is -2.34. The smallest absolute Gasteiger partial charge is 0.0552 e. The fourth-order valence-electron chi connectivity index (χ4n) is 4.78. The van der Waals surface area contributed by atoms with Crippen LogP contribution in [0.4, 0.5) is 0 Å². The largest absolute Gasteiger partial charge is 0.296 e. The highest BCUT2D eigenvalue weighted by molar-refractivity contribution is 7.58. The molecule has 0 radical (unpaired) electrons. The van der Waals surface area contributed by atoms with Crippen LogP contribution in [0.5, 0.6) is 0 Å². The van der Waals surface area contributed by atoms with Gasteiger partial charge in [0.15, 0.2) is 0 Å². The second-order valence-electron chi connectivity index (χ2n) is 7.55. The van der Waals surface area contributed by atoms with Crippen LogP contribution < -0.4 is 0 Å². The number of hydrogen-bond donors (Lipinski definition) is 0. The summed E-state index contributed by atoms with van der Waals surface area (Å²) in [4.78, 5) is 2.69. The van der Waals surface area contributed by atoms with E-state index in [-0.39, 0.29) is 7.92 Å². The molecule has 2 atom stereocenters. The Balaban J connectivity index is 1.96. The summed E-state index contributed by atoms with van der Waals surface area (Å²) in [5.41, 5.74) is 7.17. The molecule has 1 aliphatic carbocycles. The Labute approximate surface area is 138 Å². The van der Waals surface area contributed by atoms with E-state index in [2.05, 4.69) is 44.9 Å². The Bertz CT molecular complexity index is 495. The normalized spacial score (nSPS) is 28.0. The van der Waals surface area contributed by atoms with Crippen molar-refractivity contribution in [3.8, 4) is 0 Å². The zero-order valence-corrected chi connectivity index (χ0v) is 15.8. The van der Waals surface area contributed by atoms with E-state index >= 15 is 0 Å². The Morgan fingerprint density at radius 2 is 1.59 bits per heavy atom. The lowest BCUT2D eigenvalue weighted by Gasteiger charge is -2.45. The van der Waals surface area contributed by atoms with Gasteiger partial charge in [0.2, 0.25) is 0 Å². The van der Waals surface area contributed by atoms with Crippen LogP contribution in [-0.4, -0.2) is 30.3 Å². The maximum absolute atomic E-state index is 2.69. The van der Waals surface area contributed by atoms with Gasteiger partial charge in [-0.25, -0.2) is 0 Å². The lowest BCUT2D eigenvalue weighted by molar-refractivity contribution is 0.296. The van der Waals surface area contributed by atoms with Crippen molar-refractivity contribution in [2.45, 2.75) is 70.7 Å². The van der Waals surface area contributed by atoms with E-state index in [1.54, 1.807) is 5.56 Å². The number of rotatable bonds is 2. The standard InChI is InChI=1S/C20H32NP/c1-15-13-16(2)19(17(3)14-15)20-21(4)11-8-12-22(20)18-9-6-5-7-10-18/h13-14,18,20H,5-12H2,1-4H3. The van der Waals surface area contributed by atoms with Crippen LogP contribution in [-0.2, 0) is 0 Å². The average Bonchev–Trinajstić information content (AvgIpc) is 2.49. The fourth-order valence-corrected chi connectivity index (χ4v) is 8.68. The van der Waals surface area contributed by atoms with Gasteiger partial charge in [-0.2, -0.15) is 0 Å². The van der Waals surface area contributed by atoms with Crippen molar-refractivity contribution in [1.82, 2.24) is 4.90 Å². The molecule has 1 aliphatic heterocycles. The zero-order chi connectivity index (χ0) is 15.7. The molecule has 0 bridgehead atoms. The van der Waals surface area contributed by atoms with Crippen molar-refractivity contribution in [2.24, 2.45) is 0 Å². The van der Waals surface area contributed by atoms with Crippen molar-refractivity contribution < 1.29 is 0 Å². The van der Waals surface area contributed by atoms with E-state index in [9.17, 15) is 0 Å². The molecule has 1 saturated heterocycles. The zero-order valence-electron chi connectivity index (χ0n) is 14.9. The van der Waals surface area contributed by atoms with Crippen LogP contribution in [0.2, 0.25) is 0 Å². The van der Waals surface area contributed by atoms with E-state index in [1.165, 1.54) is 67.9 Å². The molecule has 122 valence electrons. The first-order chi connectivity index (χ1) is 10.6. The van der Waals surface area contributed by atoms with Gasteiger partial charge in [-0.1, -0.05) is 44.9 Å². The second kappa shape index (κ2) is 7.02. The van der Waals surface area contributed by atoms with Crippen LogP contribution in [0.3, 0.4) is 0 Å². The topological polar surface area (TPSA) is 3.24 Å². The van der Waals surface area contributed by atoms with Gasteiger partial charge in [0.05, 0.1) is 5.78 Å². The molecule has 0 amide bonds. The van der Waals surface area contributed by atoms with Crippen molar-refractivity contribution in [3.05, 3.63) is 34.4 Å². The summed E-state index contributed by atoms with van der Waals surface area (Å²) in [6.45, 7) is 8.19. The molecule has 2 unspecified atom stereocenters. The van der Waals surface area contributed by atoms with Crippen LogP contribution >= 0.6 is 7.92 Å². The fraction of sp³-hybridized carbons (Fsp3) is 0.700. The molecule has 1 aromatic rings. The average molecular weight is 317 g/mol. The Hall–Kier alpha value is -0.390. The minimum atomic E-state index is 0.115. The predicted molar refractivity (Wildman–Crippen MR) is 99.3 cm³/mol. The number of aryl methyl sites for hydroxylation is 3. The molecule has 0 N–H and O–H groups in total. The third-order valence-corrected chi connectivity index (χ3v) is 9.27. The van der Waals surface area contributed by atoms with Crippen molar-refractivity contribution in [3.63, 3.8) is 0 Å². The summed E-state index contributed by atoms with van der Waals surface area (Å²) in [6.07, 6.45) is 10.3. The molecular weight excluding hydrogens is 285 g/mol. The van der Waals surface area contributed by atoms with Gasteiger partial charge in [0.1, 0.15) is 0 Å². The Kier molecular flexibility index (Phi) is 5.25. The molecule has 2 fully saturated rings. The monoisotopic (exact) mass is 317 g/mol. The molecule has 2 aliphatic rings. The minimum absolute atomic E-state index is 0.115. The third kappa shape index (κ3) is 3.26. The molecule has 1 nitrogen and oxygen atoms in total. The van der Waals surface area contributed by atoms with Crippen LogP contribution in [0.15, 0.2) is 12.1 Å². The summed E-state index contributed by atoms with van der Waals surface area (Å²) in [5.74, 6) is 0.715. The lowest BCUT2D eigenvalue weighted by atomic mass is 9.99. The van der Waals surface area contributed by atoms with Gasteiger partial charge in [-0.3, -0.25) is 4.90 Å². The third-order valence-electron chi connectivity index (χ3n) is 5.70. The van der Waals surface area contributed by atoms with Gasteiger partial charge in [0, 0.05) is 0 Å². The van der Waals surface area contributed by atoms with E-state index in [1.807, 2.05) is 0 Å². The maximum atomic E-state index is 2.69. The van der Waals surface area contributed by atoms with E-state index < -0.39 is 0 Å². The van der Waals surface area contributed by atoms with E-state index in [4.69, 9.17) is 0 Å². The van der Waals surface area contributed by atoms with Gasteiger partial charge in [-0.05, 0) is 82.1 Å². The SMILES string of the molecule is Cc1cc(C)c(C2N(C)CCCP2C2CCCCC2)c(C)c1. The summed E-state index contributed by atoms with van der Waals surface area (Å²) < 4.78 is 0. The first-order valence-electron chi connectivity index (χ1n) is 9.11. The summed E-state index contributed by atoms with van der Waals surface area (Å²) in [5, 5.41) is 0. The van der Waals surface area contributed by atoms with Crippen molar-refractivity contribution in [2.75, 3.05) is 19.8 Å². The summed E-state index contributed by atoms with van der Waals surface area (Å²) in [6, 6.07) is 4.80. The number of nitrogens with zero attached hydrogens (tertiary/aromatic N) is 1. The van der Waals surface area contributed by atoms with Crippen molar-refractivity contribution >= 4 is 7.92 Å². The van der Waals surface area contributed by atoms with Crippen LogP contribution in [0, 0.1) is 20.8 Å². The summed E-state index contributed by atoms with van der Waals surface area (Å²) in [7, 11) is 2.49. The van der Waals surface area contributed by atoms with E-state index in [0.717, 1.165) is 5.66 Å². The summed E-state index contributed by atoms with van der Waals surface area (Å²) >= 11 is 0. The minimum Gasteiger partial charge on any atom is -0.296 e. The molecule has 2 heteroatoms. The van der Waals surface area contributed by atoms with Gasteiger partial charge >= 0.3 is 0 Å². The molecular formula is C20H32NP. The molecule has 0 spiro atoms. The van der Waals surface area contributed by atoms with E-state index in [0.29, 0.717) is 5.78 Å². The molecule has 3 rings (SSSR count). The molecule has 1 saturated carbocycles.